The van der Waals surface area contributed by atoms with Gasteiger partial charge in [0.2, 0.25) is 0 Å². The number of ether oxygens (including phenoxy) is 1. The van der Waals surface area contributed by atoms with Crippen molar-refractivity contribution in [3.63, 3.8) is 0 Å². The number of likely N-dealkylation sites (tertiary alicyclic amines) is 1. The molecule has 0 bridgehead atoms. The van der Waals surface area contributed by atoms with Crippen molar-refractivity contribution < 1.29 is 50.9 Å². The van der Waals surface area contributed by atoms with Crippen LogP contribution in [0.4, 0.5) is 26.3 Å². The first-order valence-electron chi connectivity index (χ1n) is 12.1. The summed E-state index contributed by atoms with van der Waals surface area (Å²) in [4.78, 5) is 31.4. The van der Waals surface area contributed by atoms with Crippen LogP contribution in [0.15, 0.2) is 18.7 Å². The summed E-state index contributed by atoms with van der Waals surface area (Å²) in [6, 6.07) is 1.29. The molecule has 38 heavy (non-hydrogen) atoms. The largest absolute Gasteiger partial charge is 0.490 e. The molecule has 0 aromatic carbocycles. The van der Waals surface area contributed by atoms with Crippen LogP contribution < -0.4 is 0 Å². The molecule has 0 unspecified atom stereocenters. The number of halogens is 6. The highest BCUT2D eigenvalue weighted by Crippen LogP contribution is 2.35. The van der Waals surface area contributed by atoms with Crippen molar-refractivity contribution in [2.45, 2.75) is 75.6 Å². The van der Waals surface area contributed by atoms with Crippen LogP contribution in [0, 0.1) is 5.92 Å². The fourth-order valence-electron chi connectivity index (χ4n) is 4.98. The number of carbonyl (C=O) groups is 2. The third-order valence-corrected chi connectivity index (χ3v) is 6.70. The number of nitrogens with zero attached hydrogens (tertiary/aromatic N) is 4. The zero-order chi connectivity index (χ0) is 28.5. The minimum absolute atomic E-state index is 0.394. The summed E-state index contributed by atoms with van der Waals surface area (Å²) in [5.41, 5.74) is 1.19. The second-order valence-electron chi connectivity index (χ2n) is 9.46. The molecule has 3 fully saturated rings. The van der Waals surface area contributed by atoms with E-state index < -0.39 is 24.3 Å². The molecule has 4 rings (SSSR count). The average molecular weight is 559 g/mol. The molecule has 1 aromatic heterocycles. The van der Waals surface area contributed by atoms with Crippen LogP contribution >= 0.6 is 0 Å². The standard InChI is InChI=1S/C19H30N4O.2C2HF3O2/c1-22(11-15-9-20-14-21-10-15)18-13-23(17-6-2-3-7-17)12-16-5-4-8-24-19(16)18;2*3-2(4,5)1(6)7/h9-10,14,16-19H,2-8,11-13H2,1H3;2*(H,6,7)/t16-,18+,19-;;/m0../s1. The lowest BCUT2D eigenvalue weighted by Crippen LogP contribution is -2.61. The monoisotopic (exact) mass is 558 g/mol. The van der Waals surface area contributed by atoms with E-state index in [1.807, 2.05) is 12.4 Å². The van der Waals surface area contributed by atoms with Crippen LogP contribution in [0.1, 0.15) is 44.1 Å². The minimum Gasteiger partial charge on any atom is -0.475 e. The highest BCUT2D eigenvalue weighted by Gasteiger charge is 2.43. The van der Waals surface area contributed by atoms with Crippen LogP contribution in [0.3, 0.4) is 0 Å². The van der Waals surface area contributed by atoms with Crippen molar-refractivity contribution >= 4 is 11.9 Å². The molecule has 0 radical (unpaired) electrons. The fourth-order valence-corrected chi connectivity index (χ4v) is 4.98. The summed E-state index contributed by atoms with van der Waals surface area (Å²) in [7, 11) is 2.24. The zero-order valence-corrected chi connectivity index (χ0v) is 20.8. The quantitative estimate of drug-likeness (QED) is 0.535. The maximum atomic E-state index is 10.6. The minimum atomic E-state index is -5.08. The number of rotatable bonds is 4. The normalized spacial score (nSPS) is 24.5. The predicted molar refractivity (Wildman–Crippen MR) is 121 cm³/mol. The van der Waals surface area contributed by atoms with Gasteiger partial charge in [-0.3, -0.25) is 9.80 Å². The van der Waals surface area contributed by atoms with Gasteiger partial charge in [0.25, 0.3) is 0 Å². The number of hydrogen-bond donors (Lipinski definition) is 2. The molecule has 2 aliphatic heterocycles. The number of carboxylic acid groups (broad SMARTS) is 2. The van der Waals surface area contributed by atoms with Gasteiger partial charge in [-0.25, -0.2) is 19.6 Å². The van der Waals surface area contributed by atoms with Gasteiger partial charge in [0.05, 0.1) is 6.10 Å². The van der Waals surface area contributed by atoms with Gasteiger partial charge in [-0.2, -0.15) is 26.3 Å². The van der Waals surface area contributed by atoms with Crippen molar-refractivity contribution in [2.24, 2.45) is 5.92 Å². The Kier molecular flexibility index (Phi) is 11.7. The summed E-state index contributed by atoms with van der Waals surface area (Å²) in [5.74, 6) is -4.81. The highest BCUT2D eigenvalue weighted by atomic mass is 19.4. The third kappa shape index (κ3) is 9.98. The topological polar surface area (TPSA) is 116 Å². The molecule has 1 aromatic rings. The highest BCUT2D eigenvalue weighted by molar-refractivity contribution is 5.73. The molecular weight excluding hydrogens is 526 g/mol. The van der Waals surface area contributed by atoms with E-state index in [4.69, 9.17) is 24.5 Å². The molecule has 2 N–H and O–H groups in total. The maximum absolute atomic E-state index is 10.6. The molecule has 3 aliphatic rings. The molecule has 216 valence electrons. The fraction of sp³-hybridized carbons (Fsp3) is 0.739. The van der Waals surface area contributed by atoms with Gasteiger partial charge in [0, 0.05) is 56.3 Å². The van der Waals surface area contributed by atoms with E-state index >= 15 is 0 Å². The Morgan fingerprint density at radius 1 is 0.974 bits per heavy atom. The van der Waals surface area contributed by atoms with Crippen LogP contribution in [0.25, 0.3) is 0 Å². The van der Waals surface area contributed by atoms with E-state index in [0.29, 0.717) is 18.1 Å². The Morgan fingerprint density at radius 2 is 1.50 bits per heavy atom. The van der Waals surface area contributed by atoms with E-state index in [2.05, 4.69) is 26.8 Å². The number of likely N-dealkylation sites (N-methyl/N-ethyl adjacent to an activating group) is 1. The second-order valence-corrected chi connectivity index (χ2v) is 9.46. The molecule has 9 nitrogen and oxygen atoms in total. The Morgan fingerprint density at radius 3 is 2.00 bits per heavy atom. The van der Waals surface area contributed by atoms with Gasteiger partial charge in [0.15, 0.2) is 0 Å². The predicted octanol–water partition coefficient (Wildman–Crippen LogP) is 3.60. The Balaban J connectivity index is 0.000000301. The Bertz CT molecular complexity index is 859. The van der Waals surface area contributed by atoms with Crippen molar-refractivity contribution in [3.05, 3.63) is 24.3 Å². The van der Waals surface area contributed by atoms with Crippen LogP contribution in [0.2, 0.25) is 0 Å². The second kappa shape index (κ2) is 14.0. The van der Waals surface area contributed by atoms with E-state index in [0.717, 1.165) is 25.7 Å². The summed E-state index contributed by atoms with van der Waals surface area (Å²) in [6.07, 6.45) is 3.84. The molecule has 3 atom stereocenters. The number of aliphatic carboxylic acids is 2. The van der Waals surface area contributed by atoms with E-state index in [-0.39, 0.29) is 0 Å². The molecule has 1 aliphatic carbocycles. The van der Waals surface area contributed by atoms with Gasteiger partial charge in [-0.1, -0.05) is 12.8 Å². The van der Waals surface area contributed by atoms with Gasteiger partial charge in [-0.05, 0) is 38.6 Å². The first kappa shape index (κ1) is 31.7. The number of fused-ring (bicyclic) bond motifs is 1. The first-order chi connectivity index (χ1) is 17.7. The molecule has 0 amide bonds. The van der Waals surface area contributed by atoms with E-state index in [1.54, 1.807) is 6.33 Å². The van der Waals surface area contributed by atoms with Gasteiger partial charge in [-0.15, -0.1) is 0 Å². The van der Waals surface area contributed by atoms with Gasteiger partial charge in [0.1, 0.15) is 6.33 Å². The van der Waals surface area contributed by atoms with Crippen LogP contribution in [-0.4, -0.2) is 99.2 Å². The summed E-state index contributed by atoms with van der Waals surface area (Å²) in [6.45, 7) is 4.23. The van der Waals surface area contributed by atoms with Crippen LogP contribution in [0.5, 0.6) is 0 Å². The van der Waals surface area contributed by atoms with E-state index in [1.165, 1.54) is 50.6 Å². The Labute approximate surface area is 215 Å². The van der Waals surface area contributed by atoms with Crippen molar-refractivity contribution in [1.29, 1.82) is 0 Å². The molecular formula is C23H32F6N4O5. The summed E-state index contributed by atoms with van der Waals surface area (Å²) >= 11 is 0. The number of piperidine rings is 1. The Hall–Kier alpha value is -2.52. The first-order valence-corrected chi connectivity index (χ1v) is 12.1. The van der Waals surface area contributed by atoms with Crippen LogP contribution in [-0.2, 0) is 20.9 Å². The molecule has 0 spiro atoms. The summed E-state index contributed by atoms with van der Waals surface area (Å²) < 4.78 is 69.7. The smallest absolute Gasteiger partial charge is 0.475 e. The molecule has 15 heteroatoms. The molecule has 1 saturated carbocycles. The lowest BCUT2D eigenvalue weighted by Gasteiger charge is -2.50. The number of aromatic nitrogens is 2. The average Bonchev–Trinajstić information content (AvgIpc) is 3.39. The van der Waals surface area contributed by atoms with Gasteiger partial charge < -0.3 is 14.9 Å². The number of alkyl halides is 6. The lowest BCUT2D eigenvalue weighted by atomic mass is 9.84. The lowest BCUT2D eigenvalue weighted by molar-refractivity contribution is -0.193. The number of hydrogen-bond acceptors (Lipinski definition) is 7. The maximum Gasteiger partial charge on any atom is 0.490 e. The van der Waals surface area contributed by atoms with E-state index in [9.17, 15) is 26.3 Å². The van der Waals surface area contributed by atoms with Gasteiger partial charge >= 0.3 is 24.3 Å². The molecule has 2 saturated heterocycles. The number of carboxylic acids is 2. The summed E-state index contributed by atoms with van der Waals surface area (Å²) in [5, 5.41) is 14.2. The van der Waals surface area contributed by atoms with Crippen molar-refractivity contribution in [3.8, 4) is 0 Å². The van der Waals surface area contributed by atoms with Crippen molar-refractivity contribution in [2.75, 3.05) is 26.7 Å². The van der Waals surface area contributed by atoms with Crippen molar-refractivity contribution in [1.82, 2.24) is 19.8 Å². The SMILES string of the molecule is CN(Cc1cncnc1)[C@@H]1CN(C2CCCC2)C[C@@H]2CCCO[C@@H]21.O=C(O)C(F)(F)F.O=C(O)C(F)(F)F. The molecule has 3 heterocycles. The zero-order valence-electron chi connectivity index (χ0n) is 20.8. The third-order valence-electron chi connectivity index (χ3n) is 6.70.